The fraction of sp³-hybridized carbons (Fsp3) is 0.333. The summed E-state index contributed by atoms with van der Waals surface area (Å²) < 4.78 is 5.49. The zero-order valence-corrected chi connectivity index (χ0v) is 20.7. The molecule has 35 heavy (non-hydrogen) atoms. The zero-order chi connectivity index (χ0) is 24.9. The normalized spacial score (nSPS) is 10.7. The zero-order valence-electron chi connectivity index (χ0n) is 20.7. The second-order valence-corrected chi connectivity index (χ2v) is 8.76. The van der Waals surface area contributed by atoms with Gasteiger partial charge >= 0.3 is 0 Å². The molecule has 0 N–H and O–H groups in total. The van der Waals surface area contributed by atoms with Crippen LogP contribution in [0, 0.1) is 0 Å². The summed E-state index contributed by atoms with van der Waals surface area (Å²) in [6.07, 6.45) is 8.54. The monoisotopic (exact) mass is 472 g/mol. The maximum absolute atomic E-state index is 13.4. The van der Waals surface area contributed by atoms with Gasteiger partial charge in [0.1, 0.15) is 12.3 Å². The van der Waals surface area contributed by atoms with Gasteiger partial charge in [0.25, 0.3) is 5.91 Å². The van der Waals surface area contributed by atoms with Crippen LogP contribution in [-0.4, -0.2) is 41.2 Å². The highest BCUT2D eigenvalue weighted by Crippen LogP contribution is 2.13. The van der Waals surface area contributed by atoms with Crippen molar-refractivity contribution in [3.05, 3.63) is 108 Å². The van der Waals surface area contributed by atoms with Gasteiger partial charge in [0.15, 0.2) is 0 Å². The highest BCUT2D eigenvalue weighted by Gasteiger charge is 2.22. The SMILES string of the molecule is C=CCN(CC(=O)N(CCc1ccccc1)Cc1ccco1)C(=O)c1ccc(CCCCC)cc1. The van der Waals surface area contributed by atoms with Crippen LogP contribution in [0.5, 0.6) is 0 Å². The summed E-state index contributed by atoms with van der Waals surface area (Å²) in [5.74, 6) is 0.426. The first-order valence-corrected chi connectivity index (χ1v) is 12.4. The molecule has 0 bridgehead atoms. The molecule has 184 valence electrons. The van der Waals surface area contributed by atoms with Crippen molar-refractivity contribution in [2.45, 2.75) is 45.6 Å². The number of hydrogen-bond acceptors (Lipinski definition) is 3. The van der Waals surface area contributed by atoms with Gasteiger partial charge in [-0.2, -0.15) is 0 Å². The lowest BCUT2D eigenvalue weighted by molar-refractivity contribution is -0.132. The fourth-order valence-corrected chi connectivity index (χ4v) is 4.01. The molecule has 1 heterocycles. The molecule has 3 aromatic rings. The van der Waals surface area contributed by atoms with E-state index < -0.39 is 0 Å². The Bertz CT molecular complexity index is 1040. The topological polar surface area (TPSA) is 53.8 Å². The fourth-order valence-electron chi connectivity index (χ4n) is 4.01. The summed E-state index contributed by atoms with van der Waals surface area (Å²) in [5.41, 5.74) is 2.97. The smallest absolute Gasteiger partial charge is 0.254 e. The molecule has 3 rings (SSSR count). The van der Waals surface area contributed by atoms with Crippen LogP contribution in [0.1, 0.15) is 53.4 Å². The van der Waals surface area contributed by atoms with Crippen molar-refractivity contribution in [2.24, 2.45) is 0 Å². The van der Waals surface area contributed by atoms with Crippen LogP contribution in [-0.2, 0) is 24.2 Å². The Hall–Kier alpha value is -3.60. The summed E-state index contributed by atoms with van der Waals surface area (Å²) in [6.45, 7) is 7.16. The standard InChI is InChI=1S/C30H36N2O3/c1-3-5-7-11-26-15-17-27(18-16-26)30(34)32(20-4-2)24-29(33)31(23-28-14-10-22-35-28)21-19-25-12-8-6-9-13-25/h4,6,8-10,12-18,22H,2-3,5,7,11,19-21,23-24H2,1H3. The van der Waals surface area contributed by atoms with E-state index in [9.17, 15) is 9.59 Å². The largest absolute Gasteiger partial charge is 0.467 e. The Kier molecular flexibility index (Phi) is 10.4. The average molecular weight is 473 g/mol. The first-order chi connectivity index (χ1) is 17.1. The van der Waals surface area contributed by atoms with Crippen molar-refractivity contribution < 1.29 is 14.0 Å². The van der Waals surface area contributed by atoms with Gasteiger partial charge in [-0.15, -0.1) is 6.58 Å². The van der Waals surface area contributed by atoms with Crippen molar-refractivity contribution >= 4 is 11.8 Å². The van der Waals surface area contributed by atoms with Gasteiger partial charge in [-0.3, -0.25) is 9.59 Å². The van der Waals surface area contributed by atoms with Crippen LogP contribution in [0.15, 0.2) is 90.1 Å². The van der Waals surface area contributed by atoms with Crippen molar-refractivity contribution in [2.75, 3.05) is 19.6 Å². The molecule has 0 unspecified atom stereocenters. The summed E-state index contributed by atoms with van der Waals surface area (Å²) >= 11 is 0. The Morgan fingerprint density at radius 1 is 0.886 bits per heavy atom. The number of benzene rings is 2. The molecule has 1 aromatic heterocycles. The average Bonchev–Trinajstić information content (AvgIpc) is 3.40. The van der Waals surface area contributed by atoms with Crippen LogP contribution in [0.25, 0.3) is 0 Å². The molecule has 2 aromatic carbocycles. The van der Waals surface area contributed by atoms with Crippen molar-refractivity contribution in [3.63, 3.8) is 0 Å². The maximum atomic E-state index is 13.4. The van der Waals surface area contributed by atoms with Crippen LogP contribution >= 0.6 is 0 Å². The number of amides is 2. The number of rotatable bonds is 14. The highest BCUT2D eigenvalue weighted by atomic mass is 16.3. The summed E-state index contributed by atoms with van der Waals surface area (Å²) in [6, 6.07) is 21.5. The third-order valence-electron chi connectivity index (χ3n) is 6.03. The molecule has 0 aliphatic heterocycles. The van der Waals surface area contributed by atoms with E-state index in [0.29, 0.717) is 31.0 Å². The molecule has 0 saturated carbocycles. The molecular formula is C30H36N2O3. The van der Waals surface area contributed by atoms with E-state index in [0.717, 1.165) is 24.8 Å². The molecule has 5 nitrogen and oxygen atoms in total. The van der Waals surface area contributed by atoms with E-state index in [2.05, 4.69) is 25.6 Å². The Morgan fingerprint density at radius 3 is 2.29 bits per heavy atom. The summed E-state index contributed by atoms with van der Waals surface area (Å²) in [7, 11) is 0. The van der Waals surface area contributed by atoms with Crippen molar-refractivity contribution in [1.82, 2.24) is 9.80 Å². The maximum Gasteiger partial charge on any atom is 0.254 e. The predicted octanol–water partition coefficient (Wildman–Crippen LogP) is 5.91. The number of nitrogens with zero attached hydrogens (tertiary/aromatic N) is 2. The van der Waals surface area contributed by atoms with Crippen LogP contribution < -0.4 is 0 Å². The quantitative estimate of drug-likeness (QED) is 0.216. The van der Waals surface area contributed by atoms with Gasteiger partial charge in [0, 0.05) is 18.7 Å². The summed E-state index contributed by atoms with van der Waals surface area (Å²) in [5, 5.41) is 0. The second-order valence-electron chi connectivity index (χ2n) is 8.76. The van der Waals surface area contributed by atoms with Gasteiger partial charge < -0.3 is 14.2 Å². The molecule has 0 radical (unpaired) electrons. The van der Waals surface area contributed by atoms with Gasteiger partial charge in [-0.05, 0) is 54.7 Å². The lowest BCUT2D eigenvalue weighted by Gasteiger charge is -2.27. The second kappa shape index (κ2) is 14.0. The highest BCUT2D eigenvalue weighted by molar-refractivity contribution is 5.96. The van der Waals surface area contributed by atoms with Crippen LogP contribution in [0.4, 0.5) is 0 Å². The number of carbonyl (C=O) groups excluding carboxylic acids is 2. The Morgan fingerprint density at radius 2 is 1.63 bits per heavy atom. The predicted molar refractivity (Wildman–Crippen MR) is 140 cm³/mol. The van der Waals surface area contributed by atoms with Gasteiger partial charge in [0.2, 0.25) is 5.91 Å². The Labute approximate surface area is 209 Å². The number of furan rings is 1. The third-order valence-corrected chi connectivity index (χ3v) is 6.03. The van der Waals surface area contributed by atoms with E-state index in [-0.39, 0.29) is 18.4 Å². The minimum absolute atomic E-state index is 0.0153. The molecular weight excluding hydrogens is 436 g/mol. The molecule has 0 fully saturated rings. The minimum Gasteiger partial charge on any atom is -0.467 e. The molecule has 0 aliphatic carbocycles. The lowest BCUT2D eigenvalue weighted by atomic mass is 10.0. The molecule has 0 saturated heterocycles. The summed E-state index contributed by atoms with van der Waals surface area (Å²) in [4.78, 5) is 29.9. The van der Waals surface area contributed by atoms with Crippen molar-refractivity contribution in [3.8, 4) is 0 Å². The Balaban J connectivity index is 1.68. The number of aryl methyl sites for hydroxylation is 1. The first kappa shape index (κ1) is 26.0. The van der Waals surface area contributed by atoms with Gasteiger partial charge in [-0.1, -0.05) is 68.3 Å². The van der Waals surface area contributed by atoms with Gasteiger partial charge in [0.05, 0.1) is 12.8 Å². The van der Waals surface area contributed by atoms with Crippen molar-refractivity contribution in [1.29, 1.82) is 0 Å². The molecule has 0 atom stereocenters. The number of carbonyl (C=O) groups is 2. The van der Waals surface area contributed by atoms with E-state index in [1.807, 2.05) is 54.6 Å². The van der Waals surface area contributed by atoms with E-state index >= 15 is 0 Å². The van der Waals surface area contributed by atoms with E-state index in [1.165, 1.54) is 18.4 Å². The molecule has 0 aliphatic rings. The van der Waals surface area contributed by atoms with E-state index in [1.54, 1.807) is 22.1 Å². The third kappa shape index (κ3) is 8.29. The number of unbranched alkanes of at least 4 members (excludes halogenated alkanes) is 2. The molecule has 2 amide bonds. The van der Waals surface area contributed by atoms with Gasteiger partial charge in [-0.25, -0.2) is 0 Å². The van der Waals surface area contributed by atoms with E-state index in [4.69, 9.17) is 4.42 Å². The van der Waals surface area contributed by atoms with Crippen LogP contribution in [0.3, 0.4) is 0 Å². The molecule has 5 heteroatoms. The molecule has 0 spiro atoms. The van der Waals surface area contributed by atoms with Crippen LogP contribution in [0.2, 0.25) is 0 Å². The number of hydrogen-bond donors (Lipinski definition) is 0. The minimum atomic E-state index is -0.167. The first-order valence-electron chi connectivity index (χ1n) is 12.4. The lowest BCUT2D eigenvalue weighted by Crippen LogP contribution is -2.43.